The van der Waals surface area contributed by atoms with E-state index in [2.05, 4.69) is 50.5 Å². The van der Waals surface area contributed by atoms with E-state index in [4.69, 9.17) is 0 Å². The lowest BCUT2D eigenvalue weighted by atomic mass is 9.97. The summed E-state index contributed by atoms with van der Waals surface area (Å²) in [6, 6.07) is 0. The molecule has 1 aliphatic heterocycles. The van der Waals surface area contributed by atoms with Gasteiger partial charge in [0.05, 0.1) is 0 Å². The lowest BCUT2D eigenvalue weighted by Gasteiger charge is -2.17. The number of likely N-dealkylation sites (tertiary alicyclic amines) is 1. The number of allylic oxidation sites excluding steroid dienone is 4. The zero-order valence-corrected chi connectivity index (χ0v) is 11.7. The fourth-order valence-electron chi connectivity index (χ4n) is 2.37. The fraction of sp³-hybridized carbons (Fsp3) is 0.625. The van der Waals surface area contributed by atoms with Crippen LogP contribution >= 0.6 is 0 Å². The largest absolute Gasteiger partial charge is 0.303 e. The van der Waals surface area contributed by atoms with Crippen LogP contribution in [-0.2, 0) is 0 Å². The molecule has 0 saturated carbocycles. The molecule has 96 valence electrons. The second-order valence-electron chi connectivity index (χ2n) is 5.16. The minimum absolute atomic E-state index is 0.494. The van der Waals surface area contributed by atoms with Gasteiger partial charge in [-0.3, -0.25) is 0 Å². The van der Waals surface area contributed by atoms with Gasteiger partial charge in [0.2, 0.25) is 0 Å². The molecule has 1 fully saturated rings. The van der Waals surface area contributed by atoms with E-state index in [1.807, 2.05) is 0 Å². The van der Waals surface area contributed by atoms with E-state index in [0.29, 0.717) is 5.92 Å². The first-order chi connectivity index (χ1) is 8.13. The zero-order valence-electron chi connectivity index (χ0n) is 11.7. The third kappa shape index (κ3) is 5.36. The van der Waals surface area contributed by atoms with Crippen molar-refractivity contribution in [2.24, 2.45) is 5.92 Å². The van der Waals surface area contributed by atoms with Crippen molar-refractivity contribution in [2.75, 3.05) is 19.6 Å². The van der Waals surface area contributed by atoms with Gasteiger partial charge in [-0.1, -0.05) is 42.9 Å². The molecular formula is C16H27N. The van der Waals surface area contributed by atoms with Crippen LogP contribution in [0, 0.1) is 5.92 Å². The summed E-state index contributed by atoms with van der Waals surface area (Å²) in [6.07, 6.45) is 10.5. The minimum Gasteiger partial charge on any atom is -0.303 e. The van der Waals surface area contributed by atoms with Gasteiger partial charge in [0.25, 0.3) is 0 Å². The standard InChI is InChI=1S/C16H27N/c1-5-8-14(2)13-16(4)15(3)9-12-17-10-6-7-11-17/h5,8,13,16H,3,6-7,9-12H2,1-2,4H3/b8-5-,14-13-/t16-/m0/s1. The Morgan fingerprint density at radius 1 is 1.35 bits per heavy atom. The molecule has 1 atom stereocenters. The van der Waals surface area contributed by atoms with Crippen molar-refractivity contribution in [2.45, 2.75) is 40.0 Å². The van der Waals surface area contributed by atoms with E-state index in [1.54, 1.807) is 0 Å². The van der Waals surface area contributed by atoms with E-state index < -0.39 is 0 Å². The summed E-state index contributed by atoms with van der Waals surface area (Å²) in [5.74, 6) is 0.494. The van der Waals surface area contributed by atoms with Crippen LogP contribution < -0.4 is 0 Å². The average Bonchev–Trinajstić information content (AvgIpc) is 2.78. The topological polar surface area (TPSA) is 3.24 Å². The van der Waals surface area contributed by atoms with Crippen LogP contribution in [0.1, 0.15) is 40.0 Å². The normalized spacial score (nSPS) is 20.1. The van der Waals surface area contributed by atoms with Crippen molar-refractivity contribution < 1.29 is 0 Å². The van der Waals surface area contributed by atoms with Crippen LogP contribution in [0.15, 0.2) is 36.0 Å². The van der Waals surface area contributed by atoms with Gasteiger partial charge in [-0.2, -0.15) is 0 Å². The van der Waals surface area contributed by atoms with Crippen molar-refractivity contribution in [3.05, 3.63) is 36.0 Å². The molecule has 17 heavy (non-hydrogen) atoms. The maximum atomic E-state index is 4.23. The molecule has 0 unspecified atom stereocenters. The molecule has 1 aliphatic rings. The average molecular weight is 233 g/mol. The maximum absolute atomic E-state index is 4.23. The fourth-order valence-corrected chi connectivity index (χ4v) is 2.37. The van der Waals surface area contributed by atoms with Gasteiger partial charge in [0, 0.05) is 6.54 Å². The molecule has 0 N–H and O–H groups in total. The summed E-state index contributed by atoms with van der Waals surface area (Å²) in [7, 11) is 0. The van der Waals surface area contributed by atoms with Crippen LogP contribution in [0.3, 0.4) is 0 Å². The summed E-state index contributed by atoms with van der Waals surface area (Å²) in [5, 5.41) is 0. The molecule has 1 nitrogen and oxygen atoms in total. The van der Waals surface area contributed by atoms with E-state index in [9.17, 15) is 0 Å². The summed E-state index contributed by atoms with van der Waals surface area (Å²) in [6.45, 7) is 14.5. The first-order valence-electron chi connectivity index (χ1n) is 6.84. The molecule has 0 aromatic heterocycles. The Morgan fingerprint density at radius 3 is 2.59 bits per heavy atom. The molecule has 1 heteroatoms. The van der Waals surface area contributed by atoms with Gasteiger partial charge in [-0.15, -0.1) is 0 Å². The molecular weight excluding hydrogens is 206 g/mol. The molecule has 0 spiro atoms. The molecule has 0 aromatic rings. The third-order valence-electron chi connectivity index (χ3n) is 3.53. The van der Waals surface area contributed by atoms with Crippen LogP contribution in [0.25, 0.3) is 0 Å². The van der Waals surface area contributed by atoms with Gasteiger partial charge in [-0.05, 0) is 52.1 Å². The van der Waals surface area contributed by atoms with Crippen molar-refractivity contribution in [3.63, 3.8) is 0 Å². The lowest BCUT2D eigenvalue weighted by Crippen LogP contribution is -2.21. The highest BCUT2D eigenvalue weighted by Gasteiger charge is 2.12. The van der Waals surface area contributed by atoms with Gasteiger partial charge in [-0.25, -0.2) is 0 Å². The molecule has 0 aromatic carbocycles. The van der Waals surface area contributed by atoms with Crippen molar-refractivity contribution in [1.29, 1.82) is 0 Å². The van der Waals surface area contributed by atoms with Crippen LogP contribution in [0.4, 0.5) is 0 Å². The molecule has 1 saturated heterocycles. The summed E-state index contributed by atoms with van der Waals surface area (Å²) >= 11 is 0. The molecule has 1 heterocycles. The molecule has 1 rings (SSSR count). The highest BCUT2D eigenvalue weighted by Crippen LogP contribution is 2.18. The maximum Gasteiger partial charge on any atom is 0.00187 e. The monoisotopic (exact) mass is 233 g/mol. The Hall–Kier alpha value is -0.820. The van der Waals surface area contributed by atoms with E-state index >= 15 is 0 Å². The van der Waals surface area contributed by atoms with Crippen LogP contribution in [0.2, 0.25) is 0 Å². The number of rotatable bonds is 6. The first kappa shape index (κ1) is 14.2. The Morgan fingerprint density at radius 2 is 2.00 bits per heavy atom. The molecule has 0 bridgehead atoms. The van der Waals surface area contributed by atoms with Crippen molar-refractivity contribution in [1.82, 2.24) is 4.90 Å². The van der Waals surface area contributed by atoms with Crippen molar-refractivity contribution >= 4 is 0 Å². The summed E-state index contributed by atoms with van der Waals surface area (Å²) in [4.78, 5) is 2.56. The number of hydrogen-bond acceptors (Lipinski definition) is 1. The van der Waals surface area contributed by atoms with E-state index in [0.717, 1.165) is 6.42 Å². The van der Waals surface area contributed by atoms with Crippen molar-refractivity contribution in [3.8, 4) is 0 Å². The zero-order chi connectivity index (χ0) is 12.7. The Balaban J connectivity index is 2.33. The van der Waals surface area contributed by atoms with Gasteiger partial charge in [0.15, 0.2) is 0 Å². The highest BCUT2D eigenvalue weighted by molar-refractivity contribution is 5.20. The van der Waals surface area contributed by atoms with Gasteiger partial charge in [0.1, 0.15) is 0 Å². The van der Waals surface area contributed by atoms with Gasteiger partial charge < -0.3 is 4.90 Å². The first-order valence-corrected chi connectivity index (χ1v) is 6.84. The predicted molar refractivity (Wildman–Crippen MR) is 77.2 cm³/mol. The SMILES string of the molecule is C=C(CCN1CCCC1)[C@@H](C)/C=C(C)\C=C/C. The third-order valence-corrected chi connectivity index (χ3v) is 3.53. The molecule has 0 aliphatic carbocycles. The van der Waals surface area contributed by atoms with Crippen LogP contribution in [0.5, 0.6) is 0 Å². The summed E-state index contributed by atoms with van der Waals surface area (Å²) in [5.41, 5.74) is 2.70. The predicted octanol–water partition coefficient (Wildman–Crippen LogP) is 4.19. The smallest absolute Gasteiger partial charge is 0.00187 e. The van der Waals surface area contributed by atoms with E-state index in [-0.39, 0.29) is 0 Å². The lowest BCUT2D eigenvalue weighted by molar-refractivity contribution is 0.340. The van der Waals surface area contributed by atoms with Gasteiger partial charge >= 0.3 is 0 Å². The summed E-state index contributed by atoms with van der Waals surface area (Å²) < 4.78 is 0. The Kier molecular flexibility index (Phi) is 6.28. The molecule has 0 radical (unpaired) electrons. The second kappa shape index (κ2) is 7.50. The Labute approximate surface area is 107 Å². The Bertz CT molecular complexity index is 293. The number of nitrogens with zero attached hydrogens (tertiary/aromatic N) is 1. The minimum atomic E-state index is 0.494. The quantitative estimate of drug-likeness (QED) is 0.491. The van der Waals surface area contributed by atoms with Crippen LogP contribution in [-0.4, -0.2) is 24.5 Å². The number of hydrogen-bond donors (Lipinski definition) is 0. The van der Waals surface area contributed by atoms with E-state index in [1.165, 1.54) is 43.6 Å². The molecule has 0 amide bonds. The highest BCUT2D eigenvalue weighted by atomic mass is 15.1. The second-order valence-corrected chi connectivity index (χ2v) is 5.16.